The molecule has 2 aromatic rings. The molecule has 9 heteroatoms. The number of thiophene rings is 1. The second kappa shape index (κ2) is 10.0. The van der Waals surface area contributed by atoms with Crippen LogP contribution in [0, 0.1) is 0 Å². The number of halogens is 4. The van der Waals surface area contributed by atoms with Crippen molar-refractivity contribution in [3.63, 3.8) is 0 Å². The quantitative estimate of drug-likeness (QED) is 0.525. The molecule has 0 aliphatic heterocycles. The molecule has 2 amide bonds. The van der Waals surface area contributed by atoms with E-state index in [2.05, 4.69) is 5.32 Å². The maximum atomic E-state index is 13.2. The lowest BCUT2D eigenvalue weighted by molar-refractivity contribution is -0.137. The molecule has 1 fully saturated rings. The molecule has 1 aliphatic carbocycles. The number of hydrogen-bond donors (Lipinski definition) is 1. The molecule has 0 spiro atoms. The topological polar surface area (TPSA) is 49.4 Å². The Balaban J connectivity index is 1.86. The van der Waals surface area contributed by atoms with Crippen molar-refractivity contribution in [1.82, 2.24) is 5.32 Å². The Hall–Kier alpha value is -2.06. The molecule has 1 unspecified atom stereocenters. The summed E-state index contributed by atoms with van der Waals surface area (Å²) >= 11 is 7.27. The van der Waals surface area contributed by atoms with Crippen molar-refractivity contribution in [3.05, 3.63) is 51.7 Å². The molecular weight excluding hydrogens is 449 g/mol. The largest absolute Gasteiger partial charge is 0.416 e. The standard InChI is InChI=1S/C22H24ClF3N2O2S/c1-14(23)21(30)28(17-9-5-6-15(12-17)22(24,25)26)13-19-18(10-11-31-19)20(29)27-16-7-3-2-4-8-16/h5-6,9-12,14,16H,2-4,7-8,13H2,1H3,(H,27,29). The van der Waals surface area contributed by atoms with Gasteiger partial charge in [-0.1, -0.05) is 25.3 Å². The van der Waals surface area contributed by atoms with Crippen LogP contribution in [-0.2, 0) is 17.5 Å². The van der Waals surface area contributed by atoms with Crippen LogP contribution in [0.25, 0.3) is 0 Å². The van der Waals surface area contributed by atoms with Gasteiger partial charge in [-0.3, -0.25) is 9.59 Å². The summed E-state index contributed by atoms with van der Waals surface area (Å²) < 4.78 is 39.5. The van der Waals surface area contributed by atoms with Crippen molar-refractivity contribution in [2.75, 3.05) is 4.90 Å². The maximum absolute atomic E-state index is 13.2. The zero-order valence-corrected chi connectivity index (χ0v) is 18.6. The summed E-state index contributed by atoms with van der Waals surface area (Å²) in [6, 6.07) is 6.36. The number of alkyl halides is 4. The van der Waals surface area contributed by atoms with Gasteiger partial charge in [0.05, 0.1) is 17.7 Å². The first-order valence-corrected chi connectivity index (χ1v) is 11.5. The molecule has 0 saturated heterocycles. The minimum absolute atomic E-state index is 0.0394. The SMILES string of the molecule is CC(Cl)C(=O)N(Cc1sccc1C(=O)NC1CCCCC1)c1cccc(C(F)(F)F)c1. The summed E-state index contributed by atoms with van der Waals surface area (Å²) in [4.78, 5) is 27.4. The van der Waals surface area contributed by atoms with Gasteiger partial charge in [0.15, 0.2) is 0 Å². The van der Waals surface area contributed by atoms with Gasteiger partial charge in [-0.05, 0) is 49.4 Å². The van der Waals surface area contributed by atoms with Crippen molar-refractivity contribution in [2.45, 2.75) is 63.2 Å². The zero-order valence-electron chi connectivity index (χ0n) is 17.0. The number of nitrogens with one attached hydrogen (secondary N) is 1. The van der Waals surface area contributed by atoms with E-state index < -0.39 is 23.0 Å². The highest BCUT2D eigenvalue weighted by Crippen LogP contribution is 2.33. The number of amides is 2. The van der Waals surface area contributed by atoms with Crippen LogP contribution in [0.3, 0.4) is 0 Å². The third kappa shape index (κ3) is 6.01. The van der Waals surface area contributed by atoms with Crippen LogP contribution in [-0.4, -0.2) is 23.2 Å². The van der Waals surface area contributed by atoms with Gasteiger partial charge < -0.3 is 10.2 Å². The van der Waals surface area contributed by atoms with E-state index in [1.54, 1.807) is 11.4 Å². The van der Waals surface area contributed by atoms with Gasteiger partial charge in [0.25, 0.3) is 5.91 Å². The first-order chi connectivity index (χ1) is 14.7. The monoisotopic (exact) mass is 472 g/mol. The van der Waals surface area contributed by atoms with E-state index in [9.17, 15) is 22.8 Å². The predicted octanol–water partition coefficient (Wildman–Crippen LogP) is 5.99. The van der Waals surface area contributed by atoms with E-state index in [1.165, 1.54) is 41.7 Å². The van der Waals surface area contributed by atoms with Crippen molar-refractivity contribution in [3.8, 4) is 0 Å². The summed E-state index contributed by atoms with van der Waals surface area (Å²) in [5, 5.41) is 3.85. The summed E-state index contributed by atoms with van der Waals surface area (Å²) in [7, 11) is 0. The molecule has 4 nitrogen and oxygen atoms in total. The number of hydrogen-bond acceptors (Lipinski definition) is 3. The van der Waals surface area contributed by atoms with E-state index in [4.69, 9.17) is 11.6 Å². The number of anilines is 1. The Morgan fingerprint density at radius 1 is 1.23 bits per heavy atom. The number of carbonyl (C=O) groups is 2. The minimum atomic E-state index is -4.54. The van der Waals surface area contributed by atoms with Crippen LogP contribution in [0.4, 0.5) is 18.9 Å². The summed E-state index contributed by atoms with van der Waals surface area (Å²) in [5.74, 6) is -0.758. The van der Waals surface area contributed by atoms with Gasteiger partial charge in [-0.25, -0.2) is 0 Å². The predicted molar refractivity (Wildman–Crippen MR) is 117 cm³/mol. The van der Waals surface area contributed by atoms with E-state index in [0.29, 0.717) is 10.4 Å². The van der Waals surface area contributed by atoms with Gasteiger partial charge in [0.1, 0.15) is 5.38 Å². The molecule has 168 valence electrons. The molecule has 1 aliphatic rings. The van der Waals surface area contributed by atoms with E-state index in [0.717, 1.165) is 37.8 Å². The second-order valence-electron chi connectivity index (χ2n) is 7.65. The van der Waals surface area contributed by atoms with Crippen LogP contribution in [0.5, 0.6) is 0 Å². The van der Waals surface area contributed by atoms with Crippen molar-refractivity contribution < 1.29 is 22.8 Å². The molecule has 1 aromatic carbocycles. The average molecular weight is 473 g/mol. The van der Waals surface area contributed by atoms with Crippen molar-refractivity contribution in [1.29, 1.82) is 0 Å². The Morgan fingerprint density at radius 2 is 1.94 bits per heavy atom. The average Bonchev–Trinajstić information content (AvgIpc) is 3.20. The highest BCUT2D eigenvalue weighted by molar-refractivity contribution is 7.10. The van der Waals surface area contributed by atoms with Crippen LogP contribution in [0.15, 0.2) is 35.7 Å². The summed E-state index contributed by atoms with van der Waals surface area (Å²) in [5.41, 5.74) is -0.339. The molecule has 3 rings (SSSR count). The van der Waals surface area contributed by atoms with Gasteiger partial charge in [0, 0.05) is 16.6 Å². The minimum Gasteiger partial charge on any atom is -0.349 e. The smallest absolute Gasteiger partial charge is 0.349 e. The van der Waals surface area contributed by atoms with E-state index >= 15 is 0 Å². The fraction of sp³-hybridized carbons (Fsp3) is 0.455. The molecule has 1 atom stereocenters. The Labute approximate surface area is 188 Å². The van der Waals surface area contributed by atoms with Crippen LogP contribution in [0.1, 0.15) is 59.8 Å². The van der Waals surface area contributed by atoms with Crippen molar-refractivity contribution >= 4 is 40.4 Å². The molecule has 0 radical (unpaired) electrons. The highest BCUT2D eigenvalue weighted by atomic mass is 35.5. The first-order valence-electron chi connectivity index (χ1n) is 10.2. The summed E-state index contributed by atoms with van der Waals surface area (Å²) in [6.07, 6.45) is 0.652. The van der Waals surface area contributed by atoms with Crippen LogP contribution >= 0.6 is 22.9 Å². The fourth-order valence-corrected chi connectivity index (χ4v) is 4.66. The van der Waals surface area contributed by atoms with Gasteiger partial charge in [-0.2, -0.15) is 13.2 Å². The van der Waals surface area contributed by atoms with Gasteiger partial charge in [-0.15, -0.1) is 22.9 Å². The molecule has 1 N–H and O–H groups in total. The molecule has 31 heavy (non-hydrogen) atoms. The third-order valence-electron chi connectivity index (χ3n) is 5.32. The van der Waals surface area contributed by atoms with Crippen molar-refractivity contribution in [2.24, 2.45) is 0 Å². The summed E-state index contributed by atoms with van der Waals surface area (Å²) in [6.45, 7) is 1.43. The molecule has 0 bridgehead atoms. The Morgan fingerprint density at radius 3 is 2.58 bits per heavy atom. The van der Waals surface area contributed by atoms with E-state index in [-0.39, 0.29) is 24.2 Å². The lowest BCUT2D eigenvalue weighted by Crippen LogP contribution is -2.38. The number of nitrogens with zero attached hydrogens (tertiary/aromatic N) is 1. The molecular formula is C22H24ClF3N2O2S. The first kappa shape index (κ1) is 23.6. The zero-order chi connectivity index (χ0) is 22.6. The van der Waals surface area contributed by atoms with Crippen LogP contribution < -0.4 is 10.2 Å². The molecule has 1 saturated carbocycles. The number of rotatable bonds is 6. The lowest BCUT2D eigenvalue weighted by Gasteiger charge is -2.25. The van der Waals surface area contributed by atoms with Crippen LogP contribution in [0.2, 0.25) is 0 Å². The Kier molecular flexibility index (Phi) is 7.64. The number of carbonyl (C=O) groups excluding carboxylic acids is 2. The third-order valence-corrected chi connectivity index (χ3v) is 6.42. The van der Waals surface area contributed by atoms with E-state index in [1.807, 2.05) is 0 Å². The second-order valence-corrected chi connectivity index (χ2v) is 9.31. The van der Waals surface area contributed by atoms with Gasteiger partial charge >= 0.3 is 6.18 Å². The normalized spacial score (nSPS) is 16.0. The number of benzene rings is 1. The van der Waals surface area contributed by atoms with Gasteiger partial charge in [0.2, 0.25) is 5.91 Å². The lowest BCUT2D eigenvalue weighted by atomic mass is 9.95. The Bertz CT molecular complexity index is 923. The molecule has 1 heterocycles. The highest BCUT2D eigenvalue weighted by Gasteiger charge is 2.32. The fourth-order valence-electron chi connectivity index (χ4n) is 3.68. The maximum Gasteiger partial charge on any atom is 0.416 e. The molecule has 1 aromatic heterocycles.